The number of benzene rings is 2. The van der Waals surface area contributed by atoms with Crippen molar-refractivity contribution in [1.29, 1.82) is 0 Å². The first-order chi connectivity index (χ1) is 12.9. The van der Waals surface area contributed by atoms with Gasteiger partial charge in [0.2, 0.25) is 0 Å². The fourth-order valence-electron chi connectivity index (χ4n) is 2.61. The number of para-hydroxylation sites is 1. The topological polar surface area (TPSA) is 147 Å². The number of hydrogen-bond acceptors (Lipinski definition) is 6. The number of nitro groups is 1. The molecule has 3 rings (SSSR count). The summed E-state index contributed by atoms with van der Waals surface area (Å²) < 4.78 is 0. The summed E-state index contributed by atoms with van der Waals surface area (Å²) in [4.78, 5) is 46.9. The van der Waals surface area contributed by atoms with Gasteiger partial charge in [0, 0.05) is 10.9 Å². The summed E-state index contributed by atoms with van der Waals surface area (Å²) in [5, 5.41) is 17.7. The number of rotatable bonds is 3. The Morgan fingerprint density at radius 2 is 1.70 bits per heavy atom. The van der Waals surface area contributed by atoms with Crippen molar-refractivity contribution < 1.29 is 14.5 Å². The van der Waals surface area contributed by atoms with E-state index in [9.17, 15) is 24.5 Å². The van der Waals surface area contributed by atoms with Crippen molar-refractivity contribution in [3.05, 3.63) is 79.8 Å². The van der Waals surface area contributed by atoms with Gasteiger partial charge in [0.1, 0.15) is 5.56 Å². The maximum Gasteiger partial charge on any atom is 0.290 e. The maximum atomic E-state index is 12.3. The van der Waals surface area contributed by atoms with Gasteiger partial charge in [0.15, 0.2) is 5.69 Å². The second-order valence-corrected chi connectivity index (χ2v) is 5.58. The highest BCUT2D eigenvalue weighted by atomic mass is 16.6. The number of hydrazine groups is 1. The van der Waals surface area contributed by atoms with E-state index in [2.05, 4.69) is 21.0 Å². The Balaban J connectivity index is 1.84. The summed E-state index contributed by atoms with van der Waals surface area (Å²) in [5.74, 6) is -1.64. The Hall–Kier alpha value is -4.08. The van der Waals surface area contributed by atoms with Crippen LogP contribution in [0.1, 0.15) is 26.4 Å². The molecule has 0 atom stereocenters. The van der Waals surface area contributed by atoms with Gasteiger partial charge in [-0.05, 0) is 19.1 Å². The molecule has 0 saturated heterocycles. The number of carbonyl (C=O) groups excluding carboxylic acids is 2. The predicted octanol–water partition coefficient (Wildman–Crippen LogP) is 1.21. The predicted molar refractivity (Wildman–Crippen MR) is 95.1 cm³/mol. The molecule has 0 unspecified atom stereocenters. The molecule has 3 aromatic rings. The first-order valence-electron chi connectivity index (χ1n) is 7.72. The molecular formula is C17H13N5O5. The van der Waals surface area contributed by atoms with E-state index in [0.29, 0.717) is 10.9 Å². The van der Waals surface area contributed by atoms with Crippen molar-refractivity contribution in [2.45, 2.75) is 6.92 Å². The molecule has 0 aliphatic carbocycles. The molecular weight excluding hydrogens is 354 g/mol. The van der Waals surface area contributed by atoms with Crippen LogP contribution in [-0.2, 0) is 0 Å². The Bertz CT molecular complexity index is 1140. The van der Waals surface area contributed by atoms with Crippen molar-refractivity contribution in [1.82, 2.24) is 21.0 Å². The van der Waals surface area contributed by atoms with Crippen LogP contribution in [0.2, 0.25) is 0 Å². The summed E-state index contributed by atoms with van der Waals surface area (Å²) >= 11 is 0. The monoisotopic (exact) mass is 367 g/mol. The van der Waals surface area contributed by atoms with Gasteiger partial charge in [-0.25, -0.2) is 5.10 Å². The number of carbonyl (C=O) groups is 2. The van der Waals surface area contributed by atoms with E-state index in [1.54, 1.807) is 18.2 Å². The first-order valence-corrected chi connectivity index (χ1v) is 7.72. The molecule has 0 saturated carbocycles. The third kappa shape index (κ3) is 3.35. The fourth-order valence-corrected chi connectivity index (χ4v) is 2.61. The Morgan fingerprint density at radius 1 is 1.04 bits per heavy atom. The zero-order chi connectivity index (χ0) is 19.6. The first kappa shape index (κ1) is 17.7. The van der Waals surface area contributed by atoms with E-state index >= 15 is 0 Å². The molecule has 2 amide bonds. The van der Waals surface area contributed by atoms with Crippen LogP contribution in [0.25, 0.3) is 10.8 Å². The summed E-state index contributed by atoms with van der Waals surface area (Å²) in [6, 6.07) is 10.6. The molecule has 136 valence electrons. The van der Waals surface area contributed by atoms with Gasteiger partial charge in [-0.15, -0.1) is 0 Å². The zero-order valence-electron chi connectivity index (χ0n) is 14.0. The Labute approximate surface area is 151 Å². The largest absolute Gasteiger partial charge is 0.290 e. The second kappa shape index (κ2) is 7.04. The normalized spacial score (nSPS) is 10.4. The third-order valence-corrected chi connectivity index (χ3v) is 3.87. The minimum atomic E-state index is -0.854. The van der Waals surface area contributed by atoms with Crippen LogP contribution in [0.3, 0.4) is 0 Å². The maximum absolute atomic E-state index is 12.3. The van der Waals surface area contributed by atoms with Crippen molar-refractivity contribution in [3.8, 4) is 0 Å². The summed E-state index contributed by atoms with van der Waals surface area (Å²) in [5.41, 5.74) is 3.48. The lowest BCUT2D eigenvalue weighted by Gasteiger charge is -2.09. The highest BCUT2D eigenvalue weighted by molar-refractivity contribution is 6.06. The highest BCUT2D eigenvalue weighted by Crippen LogP contribution is 2.22. The second-order valence-electron chi connectivity index (χ2n) is 5.58. The molecule has 0 fully saturated rings. The number of fused-ring (bicyclic) bond motifs is 1. The minimum absolute atomic E-state index is 0.107. The zero-order valence-corrected chi connectivity index (χ0v) is 14.0. The van der Waals surface area contributed by atoms with Gasteiger partial charge in [-0.2, -0.15) is 5.10 Å². The van der Waals surface area contributed by atoms with E-state index in [0.717, 1.165) is 0 Å². The van der Waals surface area contributed by atoms with Crippen LogP contribution < -0.4 is 16.4 Å². The highest BCUT2D eigenvalue weighted by Gasteiger charge is 2.23. The number of aromatic nitrogens is 2. The van der Waals surface area contributed by atoms with Crippen LogP contribution in [0.5, 0.6) is 0 Å². The van der Waals surface area contributed by atoms with Crippen molar-refractivity contribution in [3.63, 3.8) is 0 Å². The number of nitrogens with zero attached hydrogens (tertiary/aromatic N) is 2. The van der Waals surface area contributed by atoms with Crippen molar-refractivity contribution >= 4 is 28.3 Å². The number of hydrogen-bond donors (Lipinski definition) is 3. The van der Waals surface area contributed by atoms with Gasteiger partial charge < -0.3 is 0 Å². The van der Waals surface area contributed by atoms with Gasteiger partial charge in [0.05, 0.1) is 10.3 Å². The van der Waals surface area contributed by atoms with Gasteiger partial charge >= 0.3 is 0 Å². The summed E-state index contributed by atoms with van der Waals surface area (Å²) in [6.07, 6.45) is 0. The molecule has 0 aliphatic rings. The van der Waals surface area contributed by atoms with E-state index in [1.807, 2.05) is 0 Å². The molecule has 3 N–H and O–H groups in total. The van der Waals surface area contributed by atoms with E-state index in [1.165, 1.54) is 31.2 Å². The van der Waals surface area contributed by atoms with Crippen LogP contribution in [0, 0.1) is 17.0 Å². The molecule has 0 bridgehead atoms. The van der Waals surface area contributed by atoms with Crippen LogP contribution >= 0.6 is 0 Å². The van der Waals surface area contributed by atoms with E-state index in [4.69, 9.17) is 0 Å². The number of aryl methyl sites for hydroxylation is 1. The lowest BCUT2D eigenvalue weighted by atomic mass is 10.1. The van der Waals surface area contributed by atoms with Crippen LogP contribution in [0.4, 0.5) is 5.69 Å². The summed E-state index contributed by atoms with van der Waals surface area (Å²) in [6.45, 7) is 1.50. The number of H-pyrrole nitrogens is 1. The van der Waals surface area contributed by atoms with Gasteiger partial charge in [0.25, 0.3) is 23.1 Å². The van der Waals surface area contributed by atoms with Gasteiger partial charge in [-0.1, -0.05) is 30.3 Å². The standard InChI is InChI=1S/C17H13N5O5/c1-9-5-4-8-12(14(9)22(26)27)16(24)20-21-17(25)13-10-6-2-3-7-11(10)15(23)19-18-13/h2-8H,1H3,(H,19,23)(H,20,24)(H,21,25). The molecule has 0 aliphatic heterocycles. The molecule has 1 aromatic heterocycles. The molecule has 2 aromatic carbocycles. The number of nitrogens with one attached hydrogen (secondary N) is 3. The van der Waals surface area contributed by atoms with Crippen molar-refractivity contribution in [2.75, 3.05) is 0 Å². The SMILES string of the molecule is Cc1cccc(C(=O)NNC(=O)c2n[nH]c(=O)c3ccccc23)c1[N+](=O)[O-]. The van der Waals surface area contributed by atoms with E-state index in [-0.39, 0.29) is 22.3 Å². The van der Waals surface area contributed by atoms with Crippen LogP contribution in [0.15, 0.2) is 47.3 Å². The quantitative estimate of drug-likeness (QED) is 0.468. The molecule has 27 heavy (non-hydrogen) atoms. The lowest BCUT2D eigenvalue weighted by Crippen LogP contribution is -2.42. The van der Waals surface area contributed by atoms with Gasteiger partial charge in [-0.3, -0.25) is 35.3 Å². The average Bonchev–Trinajstić information content (AvgIpc) is 2.66. The molecule has 0 radical (unpaired) electrons. The number of nitro benzene ring substituents is 1. The lowest BCUT2D eigenvalue weighted by molar-refractivity contribution is -0.385. The Kier molecular flexibility index (Phi) is 4.62. The smallest absolute Gasteiger partial charge is 0.267 e. The minimum Gasteiger partial charge on any atom is -0.267 e. The fraction of sp³-hybridized carbons (Fsp3) is 0.0588. The molecule has 10 heteroatoms. The number of amides is 2. The van der Waals surface area contributed by atoms with E-state index < -0.39 is 22.3 Å². The third-order valence-electron chi connectivity index (χ3n) is 3.87. The summed E-state index contributed by atoms with van der Waals surface area (Å²) in [7, 11) is 0. The van der Waals surface area contributed by atoms with Crippen molar-refractivity contribution in [2.24, 2.45) is 0 Å². The molecule has 1 heterocycles. The Morgan fingerprint density at radius 3 is 2.41 bits per heavy atom. The van der Waals surface area contributed by atoms with Crippen LogP contribution in [-0.4, -0.2) is 26.9 Å². The average molecular weight is 367 g/mol. The number of aromatic amines is 1. The molecule has 10 nitrogen and oxygen atoms in total. The molecule has 0 spiro atoms.